The largest absolute Gasteiger partial charge is 0.460 e. The number of carbonyl (C=O) groups is 2. The van der Waals surface area contributed by atoms with Gasteiger partial charge in [-0.05, 0) is 43.2 Å². The lowest BCUT2D eigenvalue weighted by molar-refractivity contribution is -0.154. The number of amides is 1. The van der Waals surface area contributed by atoms with Crippen LogP contribution in [0.3, 0.4) is 0 Å². The minimum absolute atomic E-state index is 0.173. The zero-order chi connectivity index (χ0) is 18.4. The number of fused-ring (bicyclic) bond motifs is 1. The number of carbonyl (C=O) groups excluding carboxylic acids is 2. The smallest absolute Gasteiger partial charge is 0.307 e. The maximum atomic E-state index is 11.8. The monoisotopic (exact) mass is 342 g/mol. The molecule has 0 heterocycles. The highest BCUT2D eigenvalue weighted by molar-refractivity contribution is 5.83. The average molecular weight is 342 g/mol. The Morgan fingerprint density at radius 3 is 2.44 bits per heavy atom. The molecule has 0 saturated carbocycles. The number of esters is 1. The Morgan fingerprint density at radius 2 is 1.80 bits per heavy atom. The van der Waals surface area contributed by atoms with Crippen LogP contribution in [-0.2, 0) is 14.3 Å². The lowest BCUT2D eigenvalue weighted by Gasteiger charge is -2.21. The molecule has 0 aliphatic rings. The van der Waals surface area contributed by atoms with Crippen LogP contribution >= 0.6 is 0 Å². The standard InChI is InChI=1S/C20H26N2O3/c1-20(2,3)25-19(24)10-11-22-17(13-18(21)23)16-9-8-14-6-4-5-7-15(14)12-16/h4-9,12,17,22H,10-11,13H2,1-3H3,(H2,21,23). The van der Waals surface area contributed by atoms with Crippen LogP contribution in [0.5, 0.6) is 0 Å². The molecule has 25 heavy (non-hydrogen) atoms. The second-order valence-corrected chi connectivity index (χ2v) is 7.12. The maximum absolute atomic E-state index is 11.8. The molecule has 2 aromatic carbocycles. The maximum Gasteiger partial charge on any atom is 0.307 e. The van der Waals surface area contributed by atoms with Crippen molar-refractivity contribution in [1.82, 2.24) is 5.32 Å². The Bertz CT molecular complexity index is 750. The molecule has 5 nitrogen and oxygen atoms in total. The molecule has 134 valence electrons. The van der Waals surface area contributed by atoms with E-state index >= 15 is 0 Å². The topological polar surface area (TPSA) is 81.4 Å². The van der Waals surface area contributed by atoms with Gasteiger partial charge in [-0.15, -0.1) is 0 Å². The van der Waals surface area contributed by atoms with Crippen molar-refractivity contribution < 1.29 is 14.3 Å². The summed E-state index contributed by atoms with van der Waals surface area (Å²) in [5.41, 5.74) is 5.86. The lowest BCUT2D eigenvalue weighted by Crippen LogP contribution is -2.30. The van der Waals surface area contributed by atoms with Crippen LogP contribution in [0.2, 0.25) is 0 Å². The highest BCUT2D eigenvalue weighted by Crippen LogP contribution is 2.22. The van der Waals surface area contributed by atoms with E-state index in [-0.39, 0.29) is 30.8 Å². The predicted molar refractivity (Wildman–Crippen MR) is 99.0 cm³/mol. The molecular formula is C20H26N2O3. The van der Waals surface area contributed by atoms with E-state index in [0.29, 0.717) is 6.54 Å². The van der Waals surface area contributed by atoms with E-state index in [1.54, 1.807) is 0 Å². The van der Waals surface area contributed by atoms with Gasteiger partial charge in [-0.1, -0.05) is 36.4 Å². The first-order valence-corrected chi connectivity index (χ1v) is 8.47. The summed E-state index contributed by atoms with van der Waals surface area (Å²) in [5.74, 6) is -0.653. The van der Waals surface area contributed by atoms with Crippen LogP contribution in [0.1, 0.15) is 45.2 Å². The second-order valence-electron chi connectivity index (χ2n) is 7.12. The van der Waals surface area contributed by atoms with Crippen molar-refractivity contribution in [2.45, 2.75) is 45.3 Å². The summed E-state index contributed by atoms with van der Waals surface area (Å²) in [6, 6.07) is 13.9. The quantitative estimate of drug-likeness (QED) is 0.758. The van der Waals surface area contributed by atoms with Crippen molar-refractivity contribution in [3.8, 4) is 0 Å². The normalized spacial score (nSPS) is 12.8. The molecule has 1 unspecified atom stereocenters. The molecule has 0 aromatic heterocycles. The van der Waals surface area contributed by atoms with Gasteiger partial charge >= 0.3 is 5.97 Å². The second kappa shape index (κ2) is 8.12. The van der Waals surface area contributed by atoms with Gasteiger partial charge in [0.2, 0.25) is 5.91 Å². The van der Waals surface area contributed by atoms with Crippen LogP contribution in [0.15, 0.2) is 42.5 Å². The molecule has 2 rings (SSSR count). The van der Waals surface area contributed by atoms with Crippen LogP contribution in [0.4, 0.5) is 0 Å². The number of rotatable bonds is 7. The zero-order valence-electron chi connectivity index (χ0n) is 15.0. The summed E-state index contributed by atoms with van der Waals surface area (Å²) in [6.45, 7) is 5.93. The average Bonchev–Trinajstić information content (AvgIpc) is 2.51. The highest BCUT2D eigenvalue weighted by Gasteiger charge is 2.18. The van der Waals surface area contributed by atoms with Crippen LogP contribution in [0, 0.1) is 0 Å². The summed E-state index contributed by atoms with van der Waals surface area (Å²) in [5, 5.41) is 5.48. The van der Waals surface area contributed by atoms with E-state index in [2.05, 4.69) is 5.32 Å². The van der Waals surface area contributed by atoms with E-state index in [4.69, 9.17) is 10.5 Å². The van der Waals surface area contributed by atoms with E-state index in [1.807, 2.05) is 63.2 Å². The number of benzene rings is 2. The first-order chi connectivity index (χ1) is 11.7. The van der Waals surface area contributed by atoms with Gasteiger partial charge < -0.3 is 15.8 Å². The molecule has 1 atom stereocenters. The predicted octanol–water partition coefficient (Wildman–Crippen LogP) is 3.08. The van der Waals surface area contributed by atoms with Crippen LogP contribution in [-0.4, -0.2) is 24.0 Å². The van der Waals surface area contributed by atoms with Crippen molar-refractivity contribution in [3.63, 3.8) is 0 Å². The minimum Gasteiger partial charge on any atom is -0.460 e. The molecule has 2 aromatic rings. The molecule has 0 aliphatic carbocycles. The van der Waals surface area contributed by atoms with Gasteiger partial charge in [-0.25, -0.2) is 0 Å². The van der Waals surface area contributed by atoms with Crippen LogP contribution in [0.25, 0.3) is 10.8 Å². The van der Waals surface area contributed by atoms with Gasteiger partial charge in [-0.3, -0.25) is 9.59 Å². The number of ether oxygens (including phenoxy) is 1. The first kappa shape index (κ1) is 18.9. The van der Waals surface area contributed by atoms with Gasteiger partial charge in [0.1, 0.15) is 5.60 Å². The summed E-state index contributed by atoms with van der Waals surface area (Å²) >= 11 is 0. The fraction of sp³-hybridized carbons (Fsp3) is 0.400. The Kier molecular flexibility index (Phi) is 6.15. The molecule has 3 N–H and O–H groups in total. The lowest BCUT2D eigenvalue weighted by atomic mass is 9.99. The van der Waals surface area contributed by atoms with E-state index < -0.39 is 5.60 Å². The summed E-state index contributed by atoms with van der Waals surface area (Å²) < 4.78 is 5.29. The highest BCUT2D eigenvalue weighted by atomic mass is 16.6. The summed E-state index contributed by atoms with van der Waals surface area (Å²) in [4.78, 5) is 23.2. The van der Waals surface area contributed by atoms with Gasteiger partial charge in [0.05, 0.1) is 6.42 Å². The molecule has 0 radical (unpaired) electrons. The molecule has 5 heteroatoms. The fourth-order valence-corrected chi connectivity index (χ4v) is 2.67. The number of nitrogens with two attached hydrogens (primary N) is 1. The van der Waals surface area contributed by atoms with E-state index in [1.165, 1.54) is 0 Å². The van der Waals surface area contributed by atoms with Gasteiger partial charge in [0.25, 0.3) is 0 Å². The summed E-state index contributed by atoms with van der Waals surface area (Å²) in [6.07, 6.45) is 0.409. The van der Waals surface area contributed by atoms with Crippen molar-refractivity contribution >= 4 is 22.6 Å². The van der Waals surface area contributed by atoms with Crippen molar-refractivity contribution in [1.29, 1.82) is 0 Å². The molecule has 0 aliphatic heterocycles. The third-order valence-electron chi connectivity index (χ3n) is 3.72. The summed E-state index contributed by atoms with van der Waals surface area (Å²) in [7, 11) is 0. The van der Waals surface area contributed by atoms with Gasteiger partial charge in [0, 0.05) is 19.0 Å². The Balaban J connectivity index is 2.05. The number of hydrogen-bond donors (Lipinski definition) is 2. The fourth-order valence-electron chi connectivity index (χ4n) is 2.67. The van der Waals surface area contributed by atoms with Crippen LogP contribution < -0.4 is 11.1 Å². The van der Waals surface area contributed by atoms with Crippen molar-refractivity contribution in [2.75, 3.05) is 6.54 Å². The third kappa shape index (κ3) is 6.19. The third-order valence-corrected chi connectivity index (χ3v) is 3.72. The minimum atomic E-state index is -0.498. The molecule has 0 bridgehead atoms. The van der Waals surface area contributed by atoms with E-state index in [9.17, 15) is 9.59 Å². The Labute approximate surface area is 148 Å². The first-order valence-electron chi connectivity index (χ1n) is 8.47. The van der Waals surface area contributed by atoms with Gasteiger partial charge in [0.15, 0.2) is 0 Å². The number of nitrogens with one attached hydrogen (secondary N) is 1. The molecule has 0 spiro atoms. The molecule has 0 fully saturated rings. The Morgan fingerprint density at radius 1 is 1.12 bits per heavy atom. The molecular weight excluding hydrogens is 316 g/mol. The SMILES string of the molecule is CC(C)(C)OC(=O)CCNC(CC(N)=O)c1ccc2ccccc2c1. The van der Waals surface area contributed by atoms with Gasteiger partial charge in [-0.2, -0.15) is 0 Å². The number of hydrogen-bond acceptors (Lipinski definition) is 4. The number of primary amides is 1. The molecule has 0 saturated heterocycles. The molecule has 1 amide bonds. The van der Waals surface area contributed by atoms with Crippen molar-refractivity contribution in [3.05, 3.63) is 48.0 Å². The Hall–Kier alpha value is -2.40. The van der Waals surface area contributed by atoms with E-state index in [0.717, 1.165) is 16.3 Å². The van der Waals surface area contributed by atoms with Crippen molar-refractivity contribution in [2.24, 2.45) is 5.73 Å². The zero-order valence-corrected chi connectivity index (χ0v) is 15.0.